The van der Waals surface area contributed by atoms with Crippen molar-refractivity contribution in [3.63, 3.8) is 0 Å². The number of nitrogens with zero attached hydrogens (tertiary/aromatic N) is 3. The Morgan fingerprint density at radius 3 is 2.45 bits per heavy atom. The standard InChI is InChI=1S/C13H15F3N4/c1-7(2)12-19-10(6-20(12)3)8-4-9(13(14,15)16)11(17)18-5-8/h4-7H,1-3H3,(H2,17,18). The lowest BCUT2D eigenvalue weighted by molar-refractivity contribution is -0.137. The first kappa shape index (κ1) is 14.4. The van der Waals surface area contributed by atoms with Crippen LogP contribution in [0.2, 0.25) is 0 Å². The van der Waals surface area contributed by atoms with Gasteiger partial charge in [-0.15, -0.1) is 0 Å². The molecule has 2 rings (SSSR count). The summed E-state index contributed by atoms with van der Waals surface area (Å²) in [5.41, 5.74) is 5.10. The summed E-state index contributed by atoms with van der Waals surface area (Å²) in [5.74, 6) is 0.448. The zero-order valence-corrected chi connectivity index (χ0v) is 11.4. The Kier molecular flexibility index (Phi) is 3.45. The number of pyridine rings is 1. The molecule has 2 aromatic rings. The molecule has 0 unspecified atom stereocenters. The first-order valence-corrected chi connectivity index (χ1v) is 6.06. The molecule has 2 N–H and O–H groups in total. The van der Waals surface area contributed by atoms with Gasteiger partial charge in [0.2, 0.25) is 0 Å². The second-order valence-corrected chi connectivity index (χ2v) is 4.90. The number of halogens is 3. The molecule has 0 aliphatic carbocycles. The van der Waals surface area contributed by atoms with Crippen molar-refractivity contribution in [2.45, 2.75) is 25.9 Å². The van der Waals surface area contributed by atoms with Crippen molar-refractivity contribution in [2.75, 3.05) is 5.73 Å². The van der Waals surface area contributed by atoms with Crippen molar-refractivity contribution < 1.29 is 13.2 Å². The predicted octanol–water partition coefficient (Wildman–Crippen LogP) is 3.21. The molecule has 0 aliphatic heterocycles. The van der Waals surface area contributed by atoms with Gasteiger partial charge in [0.05, 0.1) is 11.3 Å². The molecule has 2 heterocycles. The molecule has 0 bridgehead atoms. The van der Waals surface area contributed by atoms with Crippen LogP contribution in [0.3, 0.4) is 0 Å². The number of rotatable bonds is 2. The van der Waals surface area contributed by atoms with Crippen LogP contribution in [0.25, 0.3) is 11.3 Å². The molecule has 7 heteroatoms. The molecular formula is C13H15F3N4. The third kappa shape index (κ3) is 2.61. The molecule has 0 saturated heterocycles. The quantitative estimate of drug-likeness (QED) is 0.921. The Balaban J connectivity index is 2.51. The van der Waals surface area contributed by atoms with Crippen LogP contribution < -0.4 is 5.73 Å². The SMILES string of the molecule is CC(C)c1nc(-c2cnc(N)c(C(F)(F)F)c2)cn1C. The Morgan fingerprint density at radius 2 is 1.95 bits per heavy atom. The molecule has 2 aromatic heterocycles. The molecular weight excluding hydrogens is 269 g/mol. The molecule has 0 fully saturated rings. The van der Waals surface area contributed by atoms with Gasteiger partial charge in [-0.3, -0.25) is 0 Å². The predicted molar refractivity (Wildman–Crippen MR) is 69.9 cm³/mol. The smallest absolute Gasteiger partial charge is 0.383 e. The van der Waals surface area contributed by atoms with Gasteiger partial charge in [-0.2, -0.15) is 13.2 Å². The van der Waals surface area contributed by atoms with Crippen molar-refractivity contribution in [3.8, 4) is 11.3 Å². The lowest BCUT2D eigenvalue weighted by Crippen LogP contribution is -2.10. The van der Waals surface area contributed by atoms with E-state index in [0.717, 1.165) is 11.9 Å². The normalized spacial score (nSPS) is 12.2. The number of hydrogen-bond acceptors (Lipinski definition) is 3. The van der Waals surface area contributed by atoms with Gasteiger partial charge in [0.1, 0.15) is 11.6 Å². The van der Waals surface area contributed by atoms with E-state index in [1.54, 1.807) is 17.8 Å². The maximum absolute atomic E-state index is 12.8. The Morgan fingerprint density at radius 1 is 1.30 bits per heavy atom. The number of aryl methyl sites for hydroxylation is 1. The molecule has 0 amide bonds. The molecule has 0 saturated carbocycles. The van der Waals surface area contributed by atoms with E-state index in [-0.39, 0.29) is 5.92 Å². The minimum absolute atomic E-state index is 0.178. The number of alkyl halides is 3. The number of aromatic nitrogens is 3. The first-order chi connectivity index (χ1) is 9.20. The highest BCUT2D eigenvalue weighted by Crippen LogP contribution is 2.35. The number of nitrogen functional groups attached to an aromatic ring is 1. The van der Waals surface area contributed by atoms with E-state index in [1.807, 2.05) is 13.8 Å². The highest BCUT2D eigenvalue weighted by Gasteiger charge is 2.34. The summed E-state index contributed by atoms with van der Waals surface area (Å²) in [6.45, 7) is 3.93. The fraction of sp³-hybridized carbons (Fsp3) is 0.385. The highest BCUT2D eigenvalue weighted by atomic mass is 19.4. The Bertz CT molecular complexity index is 629. The van der Waals surface area contributed by atoms with E-state index in [9.17, 15) is 13.2 Å². The van der Waals surface area contributed by atoms with Crippen LogP contribution in [0, 0.1) is 0 Å². The second kappa shape index (κ2) is 4.81. The van der Waals surface area contributed by atoms with Crippen molar-refractivity contribution in [2.24, 2.45) is 7.05 Å². The van der Waals surface area contributed by atoms with Crippen LogP contribution in [-0.4, -0.2) is 14.5 Å². The fourth-order valence-corrected chi connectivity index (χ4v) is 2.00. The molecule has 0 radical (unpaired) electrons. The number of anilines is 1. The topological polar surface area (TPSA) is 56.7 Å². The zero-order valence-electron chi connectivity index (χ0n) is 11.4. The lowest BCUT2D eigenvalue weighted by Gasteiger charge is -2.09. The minimum atomic E-state index is -4.53. The van der Waals surface area contributed by atoms with Gasteiger partial charge >= 0.3 is 6.18 Å². The summed E-state index contributed by atoms with van der Waals surface area (Å²) < 4.78 is 40.2. The molecule has 108 valence electrons. The first-order valence-electron chi connectivity index (χ1n) is 6.06. The van der Waals surface area contributed by atoms with Crippen molar-refractivity contribution >= 4 is 5.82 Å². The van der Waals surface area contributed by atoms with E-state index in [2.05, 4.69) is 9.97 Å². The largest absolute Gasteiger partial charge is 0.419 e. The van der Waals surface area contributed by atoms with E-state index in [4.69, 9.17) is 5.73 Å². The summed E-state index contributed by atoms with van der Waals surface area (Å²) in [7, 11) is 1.81. The van der Waals surface area contributed by atoms with E-state index in [0.29, 0.717) is 11.3 Å². The van der Waals surface area contributed by atoms with E-state index >= 15 is 0 Å². The molecule has 4 nitrogen and oxygen atoms in total. The summed E-state index contributed by atoms with van der Waals surface area (Å²) >= 11 is 0. The zero-order chi connectivity index (χ0) is 15.1. The average molecular weight is 284 g/mol. The van der Waals surface area contributed by atoms with Gasteiger partial charge in [-0.05, 0) is 6.07 Å². The number of nitrogens with two attached hydrogens (primary N) is 1. The van der Waals surface area contributed by atoms with Gasteiger partial charge in [-0.1, -0.05) is 13.8 Å². The molecule has 20 heavy (non-hydrogen) atoms. The number of imidazole rings is 1. The van der Waals surface area contributed by atoms with E-state index in [1.165, 1.54) is 6.20 Å². The second-order valence-electron chi connectivity index (χ2n) is 4.90. The van der Waals surface area contributed by atoms with Crippen molar-refractivity contribution in [3.05, 3.63) is 29.8 Å². The van der Waals surface area contributed by atoms with Crippen molar-refractivity contribution in [1.29, 1.82) is 0 Å². The third-order valence-electron chi connectivity index (χ3n) is 2.95. The maximum atomic E-state index is 12.8. The minimum Gasteiger partial charge on any atom is -0.383 e. The van der Waals surface area contributed by atoms with Gasteiger partial charge in [0.25, 0.3) is 0 Å². The third-order valence-corrected chi connectivity index (χ3v) is 2.95. The van der Waals surface area contributed by atoms with Crippen LogP contribution in [0.1, 0.15) is 31.2 Å². The van der Waals surface area contributed by atoms with Crippen LogP contribution in [0.15, 0.2) is 18.5 Å². The van der Waals surface area contributed by atoms with Crippen molar-refractivity contribution in [1.82, 2.24) is 14.5 Å². The molecule has 0 atom stereocenters. The summed E-state index contributed by atoms with van der Waals surface area (Å²) in [5, 5.41) is 0. The Labute approximate surface area is 114 Å². The monoisotopic (exact) mass is 284 g/mol. The summed E-state index contributed by atoms with van der Waals surface area (Å²) in [6, 6.07) is 0.981. The van der Waals surface area contributed by atoms with Gasteiger partial charge < -0.3 is 10.3 Å². The molecule has 0 aromatic carbocycles. The number of hydrogen-bond donors (Lipinski definition) is 1. The Hall–Kier alpha value is -2.05. The van der Waals surface area contributed by atoms with Crippen LogP contribution in [0.4, 0.5) is 19.0 Å². The van der Waals surface area contributed by atoms with Gasteiger partial charge in [0.15, 0.2) is 0 Å². The maximum Gasteiger partial charge on any atom is 0.419 e. The molecule has 0 aliphatic rings. The summed E-state index contributed by atoms with van der Waals surface area (Å²) in [4.78, 5) is 7.96. The van der Waals surface area contributed by atoms with Crippen LogP contribution >= 0.6 is 0 Å². The van der Waals surface area contributed by atoms with Crippen LogP contribution in [0.5, 0.6) is 0 Å². The van der Waals surface area contributed by atoms with Gasteiger partial charge in [0, 0.05) is 30.9 Å². The van der Waals surface area contributed by atoms with Gasteiger partial charge in [-0.25, -0.2) is 9.97 Å². The van der Waals surface area contributed by atoms with Crippen LogP contribution in [-0.2, 0) is 13.2 Å². The average Bonchev–Trinajstić information content (AvgIpc) is 2.70. The lowest BCUT2D eigenvalue weighted by atomic mass is 10.1. The molecule has 0 spiro atoms. The highest BCUT2D eigenvalue weighted by molar-refractivity contribution is 5.62. The fourth-order valence-electron chi connectivity index (χ4n) is 2.00. The summed E-state index contributed by atoms with van der Waals surface area (Å²) in [6.07, 6.45) is -1.54. The van der Waals surface area contributed by atoms with E-state index < -0.39 is 17.6 Å².